The molecule has 96 valence electrons. The Morgan fingerprint density at radius 2 is 2.06 bits per heavy atom. The molecular formula is C13H23N3O. The van der Waals surface area contributed by atoms with Gasteiger partial charge >= 0.3 is 0 Å². The Hall–Kier alpha value is -1.08. The molecule has 4 heteroatoms. The lowest BCUT2D eigenvalue weighted by Crippen LogP contribution is -2.39. The van der Waals surface area contributed by atoms with E-state index in [1.165, 1.54) is 0 Å². The summed E-state index contributed by atoms with van der Waals surface area (Å²) in [6, 6.07) is 2.08. The quantitative estimate of drug-likeness (QED) is 0.800. The van der Waals surface area contributed by atoms with Crippen LogP contribution in [-0.4, -0.2) is 37.5 Å². The maximum atomic E-state index is 11.8. The molecule has 1 amide bonds. The average molecular weight is 237 g/mol. The molecule has 1 aliphatic heterocycles. The van der Waals surface area contributed by atoms with Gasteiger partial charge in [-0.15, -0.1) is 0 Å². The van der Waals surface area contributed by atoms with Crippen molar-refractivity contribution in [2.45, 2.75) is 26.7 Å². The zero-order valence-corrected chi connectivity index (χ0v) is 11.1. The summed E-state index contributed by atoms with van der Waals surface area (Å²) in [4.78, 5) is 14.1. The van der Waals surface area contributed by atoms with Crippen LogP contribution in [0, 0.1) is 29.1 Å². The number of nitrogens with one attached hydrogen (secondary N) is 1. The summed E-state index contributed by atoms with van der Waals surface area (Å²) in [5, 5.41) is 11.8. The van der Waals surface area contributed by atoms with Crippen LogP contribution in [0.25, 0.3) is 0 Å². The van der Waals surface area contributed by atoms with E-state index < -0.39 is 5.92 Å². The van der Waals surface area contributed by atoms with Gasteiger partial charge in [0.2, 0.25) is 5.91 Å². The van der Waals surface area contributed by atoms with E-state index in [2.05, 4.69) is 23.3 Å². The number of carbonyl (C=O) groups is 1. The monoisotopic (exact) mass is 237 g/mol. The number of nitriles is 1. The summed E-state index contributed by atoms with van der Waals surface area (Å²) in [7, 11) is 2.12. The summed E-state index contributed by atoms with van der Waals surface area (Å²) in [6.45, 7) is 6.74. The fraction of sp³-hybridized carbons (Fsp3) is 0.846. The van der Waals surface area contributed by atoms with Crippen LogP contribution >= 0.6 is 0 Å². The van der Waals surface area contributed by atoms with Gasteiger partial charge < -0.3 is 10.2 Å². The van der Waals surface area contributed by atoms with Gasteiger partial charge in [0.05, 0.1) is 6.07 Å². The molecule has 17 heavy (non-hydrogen) atoms. The van der Waals surface area contributed by atoms with Crippen molar-refractivity contribution in [2.75, 3.05) is 26.7 Å². The highest BCUT2D eigenvalue weighted by atomic mass is 16.1. The number of hydrogen-bond donors (Lipinski definition) is 1. The molecule has 1 heterocycles. The number of amides is 1. The molecule has 0 aromatic rings. The third-order valence-corrected chi connectivity index (χ3v) is 3.49. The molecule has 0 spiro atoms. The Bertz CT molecular complexity index is 288. The number of rotatable bonds is 4. The molecule has 4 nitrogen and oxygen atoms in total. The fourth-order valence-electron chi connectivity index (χ4n) is 2.13. The largest absolute Gasteiger partial charge is 0.355 e. The van der Waals surface area contributed by atoms with Gasteiger partial charge in [-0.1, -0.05) is 13.8 Å². The van der Waals surface area contributed by atoms with E-state index in [0.717, 1.165) is 32.5 Å². The molecule has 1 N–H and O–H groups in total. The highest BCUT2D eigenvalue weighted by molar-refractivity contribution is 5.81. The van der Waals surface area contributed by atoms with Crippen molar-refractivity contribution in [1.29, 1.82) is 5.26 Å². The second-order valence-electron chi connectivity index (χ2n) is 5.34. The van der Waals surface area contributed by atoms with E-state index >= 15 is 0 Å². The lowest BCUT2D eigenvalue weighted by molar-refractivity contribution is -0.124. The average Bonchev–Trinajstić information content (AvgIpc) is 2.28. The third kappa shape index (κ3) is 4.35. The second kappa shape index (κ2) is 6.61. The first-order chi connectivity index (χ1) is 8.04. The van der Waals surface area contributed by atoms with Crippen molar-refractivity contribution < 1.29 is 4.79 Å². The molecule has 0 aliphatic carbocycles. The molecule has 1 atom stereocenters. The fourth-order valence-corrected chi connectivity index (χ4v) is 2.13. The maximum absolute atomic E-state index is 11.8. The van der Waals surface area contributed by atoms with Crippen LogP contribution in [0.2, 0.25) is 0 Å². The van der Waals surface area contributed by atoms with Gasteiger partial charge in [0.25, 0.3) is 0 Å². The Labute approximate surface area is 104 Å². The lowest BCUT2D eigenvalue weighted by Gasteiger charge is -2.29. The van der Waals surface area contributed by atoms with Crippen molar-refractivity contribution in [3.05, 3.63) is 0 Å². The standard InChI is InChI=1S/C13H23N3O/c1-10(2)12(8-14)13(17)15-9-11-4-6-16(3)7-5-11/h10-12H,4-7,9H2,1-3H3,(H,15,17). The Kier molecular flexibility index (Phi) is 5.43. The van der Waals surface area contributed by atoms with Gasteiger partial charge in [-0.2, -0.15) is 5.26 Å². The predicted molar refractivity (Wildman–Crippen MR) is 67.2 cm³/mol. The van der Waals surface area contributed by atoms with Crippen LogP contribution in [0.5, 0.6) is 0 Å². The van der Waals surface area contributed by atoms with Crippen LogP contribution in [-0.2, 0) is 4.79 Å². The maximum Gasteiger partial charge on any atom is 0.237 e. The van der Waals surface area contributed by atoms with E-state index in [9.17, 15) is 4.79 Å². The van der Waals surface area contributed by atoms with E-state index in [0.29, 0.717) is 5.92 Å². The Morgan fingerprint density at radius 1 is 1.47 bits per heavy atom. The zero-order chi connectivity index (χ0) is 12.8. The van der Waals surface area contributed by atoms with E-state index in [4.69, 9.17) is 5.26 Å². The summed E-state index contributed by atoms with van der Waals surface area (Å²) in [6.07, 6.45) is 2.27. The minimum atomic E-state index is -0.513. The van der Waals surface area contributed by atoms with Crippen LogP contribution in [0.4, 0.5) is 0 Å². The van der Waals surface area contributed by atoms with Gasteiger partial charge in [0, 0.05) is 6.54 Å². The number of carbonyl (C=O) groups excluding carboxylic acids is 1. The number of likely N-dealkylation sites (tertiary alicyclic amines) is 1. The van der Waals surface area contributed by atoms with Crippen LogP contribution in [0.3, 0.4) is 0 Å². The Morgan fingerprint density at radius 3 is 2.53 bits per heavy atom. The van der Waals surface area contributed by atoms with E-state index in [-0.39, 0.29) is 11.8 Å². The summed E-state index contributed by atoms with van der Waals surface area (Å²) in [5.41, 5.74) is 0. The zero-order valence-electron chi connectivity index (χ0n) is 11.1. The minimum Gasteiger partial charge on any atom is -0.355 e. The van der Waals surface area contributed by atoms with Crippen LogP contribution in [0.1, 0.15) is 26.7 Å². The van der Waals surface area contributed by atoms with Gasteiger partial charge in [-0.3, -0.25) is 4.79 Å². The summed E-state index contributed by atoms with van der Waals surface area (Å²) < 4.78 is 0. The SMILES string of the molecule is CC(C)C(C#N)C(=O)NCC1CCN(C)CC1. The molecule has 0 bridgehead atoms. The molecule has 1 saturated heterocycles. The van der Waals surface area contributed by atoms with E-state index in [1.54, 1.807) is 0 Å². The molecule has 0 radical (unpaired) electrons. The van der Waals surface area contributed by atoms with Gasteiger partial charge in [-0.25, -0.2) is 0 Å². The van der Waals surface area contributed by atoms with Gasteiger partial charge in [0.15, 0.2) is 0 Å². The molecule has 1 aliphatic rings. The molecule has 0 saturated carbocycles. The van der Waals surface area contributed by atoms with Crippen molar-refractivity contribution in [3.8, 4) is 6.07 Å². The topological polar surface area (TPSA) is 56.1 Å². The second-order valence-corrected chi connectivity index (χ2v) is 5.34. The highest BCUT2D eigenvalue weighted by Gasteiger charge is 2.23. The number of hydrogen-bond acceptors (Lipinski definition) is 3. The normalized spacial score (nSPS) is 19.9. The molecule has 1 rings (SSSR count). The van der Waals surface area contributed by atoms with E-state index in [1.807, 2.05) is 13.8 Å². The first-order valence-electron chi connectivity index (χ1n) is 6.40. The predicted octanol–water partition coefficient (Wildman–Crippen LogP) is 1.24. The van der Waals surface area contributed by atoms with Crippen LogP contribution < -0.4 is 5.32 Å². The molecule has 1 fully saturated rings. The van der Waals surface area contributed by atoms with Gasteiger partial charge in [-0.05, 0) is 44.8 Å². The first kappa shape index (κ1) is 14.0. The molecule has 0 aromatic heterocycles. The number of nitrogens with zero attached hydrogens (tertiary/aromatic N) is 2. The third-order valence-electron chi connectivity index (χ3n) is 3.49. The van der Waals surface area contributed by atoms with Crippen molar-refractivity contribution >= 4 is 5.91 Å². The lowest BCUT2D eigenvalue weighted by atomic mass is 9.94. The smallest absolute Gasteiger partial charge is 0.237 e. The Balaban J connectivity index is 2.31. The number of piperidine rings is 1. The highest BCUT2D eigenvalue weighted by Crippen LogP contribution is 2.15. The molecular weight excluding hydrogens is 214 g/mol. The van der Waals surface area contributed by atoms with Crippen LogP contribution in [0.15, 0.2) is 0 Å². The molecule has 1 unspecified atom stereocenters. The molecule has 0 aromatic carbocycles. The summed E-state index contributed by atoms with van der Waals surface area (Å²) >= 11 is 0. The van der Waals surface area contributed by atoms with Gasteiger partial charge in [0.1, 0.15) is 5.92 Å². The van der Waals surface area contributed by atoms with Crippen molar-refractivity contribution in [1.82, 2.24) is 10.2 Å². The van der Waals surface area contributed by atoms with Crippen molar-refractivity contribution in [3.63, 3.8) is 0 Å². The summed E-state index contributed by atoms with van der Waals surface area (Å²) in [5.74, 6) is 0.0295. The minimum absolute atomic E-state index is 0.0810. The van der Waals surface area contributed by atoms with Crippen molar-refractivity contribution in [2.24, 2.45) is 17.8 Å². The first-order valence-corrected chi connectivity index (χ1v) is 6.40.